The number of carboxylic acids is 1. The molecule has 0 amide bonds. The summed E-state index contributed by atoms with van der Waals surface area (Å²) in [5, 5.41) is 10.4. The van der Waals surface area contributed by atoms with E-state index in [0.717, 1.165) is 21.6 Å². The van der Waals surface area contributed by atoms with Crippen molar-refractivity contribution in [2.75, 3.05) is 5.75 Å². The number of hydrogen-bond donors (Lipinski definition) is 1. The summed E-state index contributed by atoms with van der Waals surface area (Å²) < 4.78 is 13.4. The number of hydrogen-bond acceptors (Lipinski definition) is 2. The number of halogens is 1. The highest BCUT2D eigenvalue weighted by Gasteiger charge is 2.22. The van der Waals surface area contributed by atoms with Crippen molar-refractivity contribution in [3.63, 3.8) is 0 Å². The van der Waals surface area contributed by atoms with Gasteiger partial charge in [0.2, 0.25) is 0 Å². The lowest BCUT2D eigenvalue weighted by Crippen LogP contribution is -1.97. The van der Waals surface area contributed by atoms with Crippen molar-refractivity contribution in [3.8, 4) is 0 Å². The van der Waals surface area contributed by atoms with E-state index in [-0.39, 0.29) is 11.6 Å². The fourth-order valence-corrected chi connectivity index (χ4v) is 4.90. The molecule has 4 rings (SSSR count). The Bertz CT molecular complexity index is 1010. The van der Waals surface area contributed by atoms with Crippen LogP contribution in [0.3, 0.4) is 0 Å². The smallest absolute Gasteiger partial charge is 0.313 e. The van der Waals surface area contributed by atoms with Gasteiger partial charge in [0.1, 0.15) is 5.82 Å². The Hall–Kier alpha value is -2.33. The van der Waals surface area contributed by atoms with Crippen LogP contribution in [0.4, 0.5) is 4.39 Å². The van der Waals surface area contributed by atoms with Gasteiger partial charge < -0.3 is 5.11 Å². The lowest BCUT2D eigenvalue weighted by atomic mass is 9.96. The summed E-state index contributed by atoms with van der Waals surface area (Å²) in [6.45, 7) is 6.57. The molecule has 0 radical (unpaired) electrons. The molecule has 1 aliphatic rings. The molecule has 1 unspecified atom stereocenters. The molecule has 2 atom stereocenters. The summed E-state index contributed by atoms with van der Waals surface area (Å²) >= 11 is 1.38. The third-order valence-corrected chi connectivity index (χ3v) is 6.93. The number of carbonyl (C=O) groups is 1. The Morgan fingerprint density at radius 3 is 2.29 bits per heavy atom. The first-order valence-electron chi connectivity index (χ1n) is 11.0. The van der Waals surface area contributed by atoms with Crippen LogP contribution in [0.2, 0.25) is 0 Å². The van der Waals surface area contributed by atoms with Crippen LogP contribution in [-0.2, 0) is 4.79 Å². The van der Waals surface area contributed by atoms with Gasteiger partial charge >= 0.3 is 5.97 Å². The Morgan fingerprint density at radius 2 is 1.71 bits per heavy atom. The number of thioether (sulfide) groups is 1. The first kappa shape index (κ1) is 23.3. The molecule has 0 saturated heterocycles. The normalized spacial score (nSPS) is 18.1. The summed E-state index contributed by atoms with van der Waals surface area (Å²) in [6, 6.07) is 19.5. The van der Waals surface area contributed by atoms with E-state index in [1.165, 1.54) is 42.2 Å². The molecule has 1 N–H and O–H groups in total. The third-order valence-electron chi connectivity index (χ3n) is 5.94. The highest BCUT2D eigenvalue weighted by Crippen LogP contribution is 2.38. The molecule has 1 fully saturated rings. The third kappa shape index (κ3) is 6.33. The first-order valence-corrected chi connectivity index (χ1v) is 12.0. The molecule has 0 aliphatic heterocycles. The van der Waals surface area contributed by atoms with Crippen molar-refractivity contribution in [1.82, 2.24) is 0 Å². The summed E-state index contributed by atoms with van der Waals surface area (Å²) in [6.07, 6.45) is 3.92. The van der Waals surface area contributed by atoms with E-state index >= 15 is 0 Å². The van der Waals surface area contributed by atoms with Gasteiger partial charge in [-0.3, -0.25) is 4.79 Å². The van der Waals surface area contributed by atoms with Gasteiger partial charge in [-0.25, -0.2) is 4.39 Å². The van der Waals surface area contributed by atoms with Crippen LogP contribution in [0, 0.1) is 11.7 Å². The first-order chi connectivity index (χ1) is 14.8. The Labute approximate surface area is 188 Å². The highest BCUT2D eigenvalue weighted by atomic mass is 32.2. The average molecular weight is 439 g/mol. The molecule has 2 nitrogen and oxygen atoms in total. The molecule has 164 valence electrons. The van der Waals surface area contributed by atoms with Crippen molar-refractivity contribution in [2.45, 2.75) is 56.8 Å². The van der Waals surface area contributed by atoms with E-state index < -0.39 is 5.97 Å². The molecule has 4 heteroatoms. The van der Waals surface area contributed by atoms with Crippen LogP contribution in [0.1, 0.15) is 63.0 Å². The number of benzene rings is 3. The quantitative estimate of drug-likeness (QED) is 0.412. The van der Waals surface area contributed by atoms with E-state index in [1.54, 1.807) is 6.07 Å². The Kier molecular flexibility index (Phi) is 8.14. The predicted molar refractivity (Wildman–Crippen MR) is 129 cm³/mol. The fraction of sp³-hybridized carbons (Fsp3) is 0.370. The van der Waals surface area contributed by atoms with Gasteiger partial charge in [-0.1, -0.05) is 69.7 Å². The second-order valence-corrected chi connectivity index (χ2v) is 9.75. The van der Waals surface area contributed by atoms with Crippen molar-refractivity contribution < 1.29 is 14.3 Å². The topological polar surface area (TPSA) is 37.3 Å². The van der Waals surface area contributed by atoms with Crippen molar-refractivity contribution in [1.29, 1.82) is 0 Å². The molecule has 1 aliphatic carbocycles. The highest BCUT2D eigenvalue weighted by molar-refractivity contribution is 8.00. The van der Waals surface area contributed by atoms with Gasteiger partial charge in [0, 0.05) is 10.3 Å². The van der Waals surface area contributed by atoms with Crippen molar-refractivity contribution in [2.24, 2.45) is 5.92 Å². The largest absolute Gasteiger partial charge is 0.481 e. The van der Waals surface area contributed by atoms with Gasteiger partial charge in [-0.05, 0) is 65.3 Å². The van der Waals surface area contributed by atoms with Crippen LogP contribution in [0.15, 0.2) is 65.6 Å². The minimum Gasteiger partial charge on any atom is -0.481 e. The average Bonchev–Trinajstić information content (AvgIpc) is 3.19. The molecule has 0 heterocycles. The summed E-state index contributed by atoms with van der Waals surface area (Å²) in [5.74, 6) is 1.23. The van der Waals surface area contributed by atoms with Gasteiger partial charge in [0.05, 0.1) is 5.75 Å². The number of fused-ring (bicyclic) bond motifs is 1. The van der Waals surface area contributed by atoms with Crippen LogP contribution >= 0.6 is 11.8 Å². The van der Waals surface area contributed by atoms with Gasteiger partial charge in [0.15, 0.2) is 0 Å². The van der Waals surface area contributed by atoms with Crippen LogP contribution in [0.5, 0.6) is 0 Å². The maximum absolute atomic E-state index is 13.4. The van der Waals surface area contributed by atoms with Crippen LogP contribution in [-0.4, -0.2) is 16.8 Å². The zero-order valence-corrected chi connectivity index (χ0v) is 19.3. The van der Waals surface area contributed by atoms with Gasteiger partial charge in [0.25, 0.3) is 0 Å². The summed E-state index contributed by atoms with van der Waals surface area (Å²) in [4.78, 5) is 11.5. The lowest BCUT2D eigenvalue weighted by Gasteiger charge is -2.10. The van der Waals surface area contributed by atoms with E-state index in [0.29, 0.717) is 11.8 Å². The van der Waals surface area contributed by atoms with Crippen molar-refractivity contribution >= 4 is 28.5 Å². The zero-order chi connectivity index (χ0) is 22.4. The predicted octanol–water partition coefficient (Wildman–Crippen LogP) is 7.87. The van der Waals surface area contributed by atoms with Gasteiger partial charge in [-0.2, -0.15) is 0 Å². The maximum atomic E-state index is 13.4. The van der Waals surface area contributed by atoms with E-state index in [9.17, 15) is 9.18 Å². The van der Waals surface area contributed by atoms with Crippen LogP contribution < -0.4 is 0 Å². The fourth-order valence-electron chi connectivity index (χ4n) is 4.28. The molecule has 1 saturated carbocycles. The molecule has 0 spiro atoms. The standard InChI is InChI=1S/C14H18O2S.C13H13F/c1-10-2-3-12(8-10)11-4-6-13(7-5-11)17-9-14(15)16;1-9(2)10-7-8-13(14)12-6-4-3-5-11(10)12/h4-7,10,12H,2-3,8-9H2,1H3,(H,15,16);3-9H,1-2H3/t10-,12?;/m0./s1. The zero-order valence-electron chi connectivity index (χ0n) is 18.5. The summed E-state index contributed by atoms with van der Waals surface area (Å²) in [7, 11) is 0. The van der Waals surface area contributed by atoms with Crippen LogP contribution in [0.25, 0.3) is 10.8 Å². The van der Waals surface area contributed by atoms with Crippen molar-refractivity contribution in [3.05, 3.63) is 77.6 Å². The molecular formula is C27H31FO2S. The molecule has 0 bridgehead atoms. The molecular weight excluding hydrogens is 407 g/mol. The van der Waals surface area contributed by atoms with E-state index in [2.05, 4.69) is 32.9 Å². The van der Waals surface area contributed by atoms with E-state index in [4.69, 9.17) is 5.11 Å². The SMILES string of the molecule is CC(C)c1ccc(F)c2ccccc12.C[C@H]1CCC(c2ccc(SCC(=O)O)cc2)C1. The minimum atomic E-state index is -0.760. The monoisotopic (exact) mass is 438 g/mol. The Morgan fingerprint density at radius 1 is 1.03 bits per heavy atom. The number of carboxylic acid groups (broad SMARTS) is 1. The second-order valence-electron chi connectivity index (χ2n) is 8.70. The second kappa shape index (κ2) is 10.8. The molecule has 31 heavy (non-hydrogen) atoms. The number of rotatable bonds is 5. The minimum absolute atomic E-state index is 0.134. The van der Waals surface area contributed by atoms with E-state index in [1.807, 2.05) is 42.5 Å². The number of aliphatic carboxylic acids is 1. The molecule has 0 aromatic heterocycles. The molecule has 3 aromatic carbocycles. The Balaban J connectivity index is 0.000000179. The maximum Gasteiger partial charge on any atom is 0.313 e. The summed E-state index contributed by atoms with van der Waals surface area (Å²) in [5.41, 5.74) is 2.62. The lowest BCUT2D eigenvalue weighted by molar-refractivity contribution is -0.133. The molecule has 3 aromatic rings. The van der Waals surface area contributed by atoms with Gasteiger partial charge in [-0.15, -0.1) is 11.8 Å².